The maximum absolute atomic E-state index is 9.05. The highest BCUT2D eigenvalue weighted by atomic mass is 16.3. The first-order valence-electron chi connectivity index (χ1n) is 6.75. The van der Waals surface area contributed by atoms with Gasteiger partial charge in [0.15, 0.2) is 0 Å². The van der Waals surface area contributed by atoms with E-state index in [1.807, 2.05) is 13.0 Å². The van der Waals surface area contributed by atoms with E-state index in [0.29, 0.717) is 11.3 Å². The van der Waals surface area contributed by atoms with Crippen molar-refractivity contribution in [2.45, 2.75) is 46.0 Å². The zero-order chi connectivity index (χ0) is 13.2. The molecule has 1 aliphatic carbocycles. The molecule has 0 saturated heterocycles. The van der Waals surface area contributed by atoms with Gasteiger partial charge in [0.05, 0.1) is 0 Å². The highest BCUT2D eigenvalue weighted by Gasteiger charge is 2.41. The molecular weight excluding hydrogens is 226 g/mol. The van der Waals surface area contributed by atoms with Crippen molar-refractivity contribution in [2.24, 2.45) is 5.41 Å². The van der Waals surface area contributed by atoms with Gasteiger partial charge in [-0.1, -0.05) is 13.8 Å². The van der Waals surface area contributed by atoms with Crippen molar-refractivity contribution >= 4 is 5.82 Å². The Hall–Kier alpha value is -1.16. The van der Waals surface area contributed by atoms with Gasteiger partial charge < -0.3 is 10.4 Å². The van der Waals surface area contributed by atoms with Crippen LogP contribution in [0.4, 0.5) is 5.82 Å². The van der Waals surface area contributed by atoms with Crippen LogP contribution in [0.25, 0.3) is 0 Å². The Kier molecular flexibility index (Phi) is 3.85. The average Bonchev–Trinajstić information content (AvgIpc) is 3.07. The lowest BCUT2D eigenvalue weighted by atomic mass is 10.0. The zero-order valence-electron chi connectivity index (χ0n) is 11.5. The van der Waals surface area contributed by atoms with Crippen molar-refractivity contribution < 1.29 is 5.11 Å². The molecule has 1 aromatic rings. The SMILES string of the molecule is Cc1cc(NCC2(CCO)CC2)nc(C(C)C)n1. The highest BCUT2D eigenvalue weighted by molar-refractivity contribution is 5.37. The molecule has 0 bridgehead atoms. The van der Waals surface area contributed by atoms with Gasteiger partial charge in [0.25, 0.3) is 0 Å². The Morgan fingerprint density at radius 2 is 2.11 bits per heavy atom. The van der Waals surface area contributed by atoms with Crippen LogP contribution in [0, 0.1) is 12.3 Å². The topological polar surface area (TPSA) is 58.0 Å². The summed E-state index contributed by atoms with van der Waals surface area (Å²) in [5.74, 6) is 2.15. The van der Waals surface area contributed by atoms with Crippen molar-refractivity contribution in [2.75, 3.05) is 18.5 Å². The lowest BCUT2D eigenvalue weighted by Gasteiger charge is -2.16. The third-order valence-corrected chi connectivity index (χ3v) is 3.63. The molecule has 0 aromatic carbocycles. The average molecular weight is 249 g/mol. The number of aryl methyl sites for hydroxylation is 1. The van der Waals surface area contributed by atoms with Gasteiger partial charge in [-0.15, -0.1) is 0 Å². The number of aliphatic hydroxyl groups excluding tert-OH is 1. The van der Waals surface area contributed by atoms with Crippen LogP contribution < -0.4 is 5.32 Å². The molecular formula is C14H23N3O. The molecule has 2 N–H and O–H groups in total. The number of nitrogens with one attached hydrogen (secondary N) is 1. The summed E-state index contributed by atoms with van der Waals surface area (Å²) < 4.78 is 0. The Bertz CT molecular complexity index is 414. The molecule has 1 aliphatic rings. The van der Waals surface area contributed by atoms with Gasteiger partial charge in [-0.05, 0) is 31.6 Å². The third-order valence-electron chi connectivity index (χ3n) is 3.63. The van der Waals surface area contributed by atoms with Gasteiger partial charge in [-0.3, -0.25) is 0 Å². The summed E-state index contributed by atoms with van der Waals surface area (Å²) in [6, 6.07) is 1.99. The molecule has 100 valence electrons. The van der Waals surface area contributed by atoms with Crippen molar-refractivity contribution in [1.29, 1.82) is 0 Å². The smallest absolute Gasteiger partial charge is 0.133 e. The Labute approximate surface area is 109 Å². The fourth-order valence-corrected chi connectivity index (χ4v) is 2.15. The quantitative estimate of drug-likeness (QED) is 0.813. The molecule has 0 radical (unpaired) electrons. The van der Waals surface area contributed by atoms with Gasteiger partial charge in [0, 0.05) is 30.8 Å². The standard InChI is InChI=1S/C14H23N3O/c1-10(2)13-16-11(3)8-12(17-13)15-9-14(4-5-14)6-7-18/h8,10,18H,4-7,9H2,1-3H3,(H,15,16,17). The summed E-state index contributed by atoms with van der Waals surface area (Å²) in [6.07, 6.45) is 3.31. The maximum Gasteiger partial charge on any atom is 0.133 e. The molecule has 0 spiro atoms. The van der Waals surface area contributed by atoms with E-state index in [1.54, 1.807) is 0 Å². The van der Waals surface area contributed by atoms with Gasteiger partial charge in [0.2, 0.25) is 0 Å². The van der Waals surface area contributed by atoms with Crippen molar-refractivity contribution in [3.63, 3.8) is 0 Å². The van der Waals surface area contributed by atoms with E-state index >= 15 is 0 Å². The molecule has 1 heterocycles. The van der Waals surface area contributed by atoms with Crippen LogP contribution >= 0.6 is 0 Å². The second-order valence-corrected chi connectivity index (χ2v) is 5.73. The summed E-state index contributed by atoms with van der Waals surface area (Å²) in [4.78, 5) is 8.98. The molecule has 2 rings (SSSR count). The van der Waals surface area contributed by atoms with Gasteiger partial charge in [-0.2, -0.15) is 0 Å². The molecule has 0 aliphatic heterocycles. The Morgan fingerprint density at radius 3 is 2.67 bits per heavy atom. The normalized spacial score (nSPS) is 16.9. The van der Waals surface area contributed by atoms with Crippen LogP contribution in [0.1, 0.15) is 50.5 Å². The summed E-state index contributed by atoms with van der Waals surface area (Å²) >= 11 is 0. The van der Waals surface area contributed by atoms with Gasteiger partial charge >= 0.3 is 0 Å². The third kappa shape index (κ3) is 3.19. The van der Waals surface area contributed by atoms with Crippen LogP contribution in [-0.2, 0) is 0 Å². The second-order valence-electron chi connectivity index (χ2n) is 5.73. The number of anilines is 1. The molecule has 0 amide bonds. The minimum atomic E-state index is 0.279. The first-order valence-corrected chi connectivity index (χ1v) is 6.75. The van der Waals surface area contributed by atoms with E-state index in [-0.39, 0.29) is 6.61 Å². The van der Waals surface area contributed by atoms with Crippen LogP contribution in [0.5, 0.6) is 0 Å². The molecule has 1 saturated carbocycles. The summed E-state index contributed by atoms with van der Waals surface area (Å²) in [7, 11) is 0. The van der Waals surface area contributed by atoms with Crippen molar-refractivity contribution in [3.05, 3.63) is 17.6 Å². The van der Waals surface area contributed by atoms with E-state index in [2.05, 4.69) is 29.1 Å². The summed E-state index contributed by atoms with van der Waals surface area (Å²) in [5.41, 5.74) is 1.31. The van der Waals surface area contributed by atoms with E-state index < -0.39 is 0 Å². The van der Waals surface area contributed by atoms with Crippen LogP contribution in [0.15, 0.2) is 6.07 Å². The van der Waals surface area contributed by atoms with E-state index in [1.165, 1.54) is 12.8 Å². The Morgan fingerprint density at radius 1 is 1.39 bits per heavy atom. The summed E-state index contributed by atoms with van der Waals surface area (Å²) in [6.45, 7) is 7.39. The minimum Gasteiger partial charge on any atom is -0.396 e. The first-order chi connectivity index (χ1) is 8.54. The predicted octanol–water partition coefficient (Wildman–Crippen LogP) is 2.48. The van der Waals surface area contributed by atoms with Crippen LogP contribution in [0.3, 0.4) is 0 Å². The Balaban J connectivity index is 2.01. The molecule has 1 aromatic heterocycles. The number of nitrogens with zero attached hydrogens (tertiary/aromatic N) is 2. The number of hydrogen-bond donors (Lipinski definition) is 2. The zero-order valence-corrected chi connectivity index (χ0v) is 11.5. The van der Waals surface area contributed by atoms with E-state index in [4.69, 9.17) is 5.11 Å². The monoisotopic (exact) mass is 249 g/mol. The molecule has 18 heavy (non-hydrogen) atoms. The fraction of sp³-hybridized carbons (Fsp3) is 0.714. The van der Waals surface area contributed by atoms with Gasteiger partial charge in [-0.25, -0.2) is 9.97 Å². The number of aromatic nitrogens is 2. The van der Waals surface area contributed by atoms with Gasteiger partial charge in [0.1, 0.15) is 11.6 Å². The van der Waals surface area contributed by atoms with E-state index in [9.17, 15) is 0 Å². The molecule has 0 atom stereocenters. The molecule has 4 nitrogen and oxygen atoms in total. The number of hydrogen-bond acceptors (Lipinski definition) is 4. The molecule has 4 heteroatoms. The largest absolute Gasteiger partial charge is 0.396 e. The molecule has 0 unspecified atom stereocenters. The van der Waals surface area contributed by atoms with Crippen LogP contribution in [0.2, 0.25) is 0 Å². The lowest BCUT2D eigenvalue weighted by molar-refractivity contribution is 0.253. The molecule has 1 fully saturated rings. The maximum atomic E-state index is 9.05. The van der Waals surface area contributed by atoms with Crippen molar-refractivity contribution in [3.8, 4) is 0 Å². The number of rotatable bonds is 6. The fourth-order valence-electron chi connectivity index (χ4n) is 2.15. The summed E-state index contributed by atoms with van der Waals surface area (Å²) in [5, 5.41) is 12.5. The predicted molar refractivity (Wildman–Crippen MR) is 72.7 cm³/mol. The minimum absolute atomic E-state index is 0.279. The van der Waals surface area contributed by atoms with Crippen LogP contribution in [-0.4, -0.2) is 28.2 Å². The lowest BCUT2D eigenvalue weighted by Crippen LogP contribution is -2.18. The van der Waals surface area contributed by atoms with Crippen molar-refractivity contribution in [1.82, 2.24) is 9.97 Å². The highest BCUT2D eigenvalue weighted by Crippen LogP contribution is 2.48. The second kappa shape index (κ2) is 5.22. The number of aliphatic hydroxyl groups is 1. The first kappa shape index (κ1) is 13.3. The van der Waals surface area contributed by atoms with E-state index in [0.717, 1.165) is 30.3 Å².